The zero-order valence-electron chi connectivity index (χ0n) is 14.2. The van der Waals surface area contributed by atoms with Gasteiger partial charge in [-0.25, -0.2) is 4.99 Å². The Bertz CT molecular complexity index is 1040. The number of rotatable bonds is 7. The Kier molecular flexibility index (Phi) is 5.63. The van der Waals surface area contributed by atoms with Crippen LogP contribution in [0.1, 0.15) is 31.1 Å². The number of para-hydroxylation sites is 1. The zero-order chi connectivity index (χ0) is 18.7. The smallest absolute Gasteiger partial charge is 0.305 e. The van der Waals surface area contributed by atoms with Crippen LogP contribution in [0.15, 0.2) is 29.3 Å². The van der Waals surface area contributed by atoms with Crippen LogP contribution in [0.25, 0.3) is 5.57 Å². The molecule has 1 aliphatic heterocycles. The first-order valence-corrected chi connectivity index (χ1v) is 9.56. The van der Waals surface area contributed by atoms with Gasteiger partial charge in [-0.05, 0) is 31.1 Å². The van der Waals surface area contributed by atoms with Gasteiger partial charge >= 0.3 is 5.97 Å². The second-order valence-corrected chi connectivity index (χ2v) is 7.45. The highest BCUT2D eigenvalue weighted by atomic mass is 32.1. The highest BCUT2D eigenvalue weighted by Gasteiger charge is 2.25. The van der Waals surface area contributed by atoms with E-state index in [2.05, 4.69) is 4.99 Å². The van der Waals surface area contributed by atoms with Crippen molar-refractivity contribution < 1.29 is 19.4 Å². The molecule has 0 unspecified atom stereocenters. The van der Waals surface area contributed by atoms with Gasteiger partial charge in [-0.3, -0.25) is 14.2 Å². The standard InChI is InChI=1S/C18H18N2O4S2/c1-2-10-24-13(21)8-5-9-20-17(23)15(26-18(20)25)14-11-6-3-4-7-12(11)19-16(14)22/h3-4,6-7,23H,2,5,8-10H2,1H3. The number of aromatic hydroxyl groups is 1. The quantitative estimate of drug-likeness (QED) is 0.578. The molecule has 1 amide bonds. The number of aromatic nitrogens is 1. The van der Waals surface area contributed by atoms with Gasteiger partial charge in [0.25, 0.3) is 5.91 Å². The van der Waals surface area contributed by atoms with E-state index in [0.29, 0.717) is 44.6 Å². The Hall–Kier alpha value is -2.32. The van der Waals surface area contributed by atoms with Gasteiger partial charge < -0.3 is 9.84 Å². The molecule has 0 aliphatic carbocycles. The van der Waals surface area contributed by atoms with Crippen LogP contribution in [0.3, 0.4) is 0 Å². The fraction of sp³-hybridized carbons (Fsp3) is 0.333. The first kappa shape index (κ1) is 18.5. The van der Waals surface area contributed by atoms with Crippen LogP contribution in [-0.4, -0.2) is 28.2 Å². The predicted molar refractivity (Wildman–Crippen MR) is 100 cm³/mol. The van der Waals surface area contributed by atoms with Crippen molar-refractivity contribution >= 4 is 41.0 Å². The van der Waals surface area contributed by atoms with Crippen LogP contribution < -0.4 is 10.6 Å². The van der Waals surface area contributed by atoms with Crippen molar-refractivity contribution in [3.8, 4) is 5.88 Å². The molecule has 3 rings (SSSR count). The molecule has 0 saturated heterocycles. The Labute approximate surface area is 159 Å². The summed E-state index contributed by atoms with van der Waals surface area (Å²) in [7, 11) is 0. The number of carbonyl (C=O) groups is 2. The van der Waals surface area contributed by atoms with Crippen molar-refractivity contribution in [1.29, 1.82) is 0 Å². The Morgan fingerprint density at radius 2 is 2.15 bits per heavy atom. The Morgan fingerprint density at radius 3 is 2.92 bits per heavy atom. The van der Waals surface area contributed by atoms with Crippen molar-refractivity contribution in [3.63, 3.8) is 0 Å². The van der Waals surface area contributed by atoms with E-state index in [4.69, 9.17) is 17.0 Å². The van der Waals surface area contributed by atoms with E-state index in [9.17, 15) is 14.7 Å². The van der Waals surface area contributed by atoms with Crippen LogP contribution >= 0.6 is 23.6 Å². The summed E-state index contributed by atoms with van der Waals surface area (Å²) in [5.74, 6) is -0.702. The van der Waals surface area contributed by atoms with Gasteiger partial charge in [0.1, 0.15) is 4.88 Å². The topological polar surface area (TPSA) is 80.9 Å². The lowest BCUT2D eigenvalue weighted by Gasteiger charge is -2.06. The lowest BCUT2D eigenvalue weighted by molar-refractivity contribution is -0.143. The Morgan fingerprint density at radius 1 is 1.38 bits per heavy atom. The van der Waals surface area contributed by atoms with Crippen molar-refractivity contribution in [1.82, 2.24) is 4.57 Å². The largest absolute Gasteiger partial charge is 0.493 e. The number of amides is 1. The predicted octanol–water partition coefficient (Wildman–Crippen LogP) is 2.08. The highest BCUT2D eigenvalue weighted by molar-refractivity contribution is 7.73. The molecule has 2 aromatic rings. The van der Waals surface area contributed by atoms with Gasteiger partial charge in [-0.2, -0.15) is 0 Å². The number of esters is 1. The first-order valence-electron chi connectivity index (χ1n) is 8.34. The van der Waals surface area contributed by atoms with E-state index in [-0.39, 0.29) is 24.2 Å². The summed E-state index contributed by atoms with van der Waals surface area (Å²) in [5.41, 5.74) is 0.371. The summed E-state index contributed by atoms with van der Waals surface area (Å²) in [4.78, 5) is 28.3. The number of hydrogen-bond acceptors (Lipinski definition) is 6. The summed E-state index contributed by atoms with van der Waals surface area (Å²) < 4.78 is 7.03. The minimum atomic E-state index is -0.381. The molecule has 1 aromatic carbocycles. The van der Waals surface area contributed by atoms with Gasteiger partial charge in [0.2, 0.25) is 5.88 Å². The maximum absolute atomic E-state index is 12.3. The van der Waals surface area contributed by atoms with Gasteiger partial charge in [-0.15, -0.1) is 11.3 Å². The van der Waals surface area contributed by atoms with E-state index >= 15 is 0 Å². The third-order valence-electron chi connectivity index (χ3n) is 3.93. The summed E-state index contributed by atoms with van der Waals surface area (Å²) >= 11 is 6.50. The molecule has 0 fully saturated rings. The molecule has 26 heavy (non-hydrogen) atoms. The van der Waals surface area contributed by atoms with Gasteiger partial charge in [-0.1, -0.05) is 25.1 Å². The molecule has 6 nitrogen and oxygen atoms in total. The SMILES string of the molecule is CCCOC(=O)CCCn1c(O)c(C2=c3ccccc3=NC2=O)sc1=S. The minimum Gasteiger partial charge on any atom is -0.493 e. The number of fused-ring (bicyclic) bond motifs is 1. The second kappa shape index (κ2) is 7.92. The van der Waals surface area contributed by atoms with E-state index in [1.165, 1.54) is 11.3 Å². The number of carbonyl (C=O) groups excluding carboxylic acids is 2. The molecule has 1 aliphatic rings. The molecule has 0 atom stereocenters. The van der Waals surface area contributed by atoms with E-state index < -0.39 is 0 Å². The summed E-state index contributed by atoms with van der Waals surface area (Å²) in [6, 6.07) is 7.19. The second-order valence-electron chi connectivity index (χ2n) is 5.81. The fourth-order valence-corrected chi connectivity index (χ4v) is 4.10. The fourth-order valence-electron chi connectivity index (χ4n) is 2.71. The van der Waals surface area contributed by atoms with Crippen LogP contribution in [0.2, 0.25) is 0 Å². The minimum absolute atomic E-state index is 0.0582. The normalized spacial score (nSPS) is 12.8. The first-order chi connectivity index (χ1) is 12.5. The van der Waals surface area contributed by atoms with Gasteiger partial charge in [0, 0.05) is 18.2 Å². The lowest BCUT2D eigenvalue weighted by atomic mass is 10.1. The molecule has 1 aromatic heterocycles. The number of thiazole rings is 1. The molecule has 1 N–H and O–H groups in total. The third kappa shape index (κ3) is 3.61. The van der Waals surface area contributed by atoms with Crippen LogP contribution in [-0.2, 0) is 20.9 Å². The average molecular weight is 390 g/mol. The third-order valence-corrected chi connectivity index (χ3v) is 5.39. The van der Waals surface area contributed by atoms with E-state index in [1.54, 1.807) is 16.7 Å². The molecule has 0 bridgehead atoms. The summed E-state index contributed by atoms with van der Waals surface area (Å²) in [5, 5.41) is 11.9. The van der Waals surface area contributed by atoms with E-state index in [1.807, 2.05) is 19.1 Å². The van der Waals surface area contributed by atoms with Crippen molar-refractivity contribution in [2.75, 3.05) is 6.61 Å². The molecular weight excluding hydrogens is 372 g/mol. The van der Waals surface area contributed by atoms with Crippen molar-refractivity contribution in [2.45, 2.75) is 32.7 Å². The maximum Gasteiger partial charge on any atom is 0.305 e. The summed E-state index contributed by atoms with van der Waals surface area (Å²) in [6.07, 6.45) is 1.52. The number of hydrogen-bond donors (Lipinski definition) is 1. The number of benzene rings is 1. The average Bonchev–Trinajstić information content (AvgIpc) is 3.09. The molecule has 2 heterocycles. The lowest BCUT2D eigenvalue weighted by Crippen LogP contribution is -2.22. The molecule has 0 radical (unpaired) electrons. The molecule has 8 heteroatoms. The molecule has 0 saturated carbocycles. The van der Waals surface area contributed by atoms with Crippen LogP contribution in [0, 0.1) is 3.95 Å². The Balaban J connectivity index is 1.84. The molecule has 136 valence electrons. The van der Waals surface area contributed by atoms with Crippen LogP contribution in [0.4, 0.5) is 0 Å². The molecule has 0 spiro atoms. The summed E-state index contributed by atoms with van der Waals surface area (Å²) in [6.45, 7) is 2.72. The zero-order valence-corrected chi connectivity index (χ0v) is 15.9. The highest BCUT2D eigenvalue weighted by Crippen LogP contribution is 2.32. The van der Waals surface area contributed by atoms with Gasteiger partial charge in [0.15, 0.2) is 3.95 Å². The van der Waals surface area contributed by atoms with Crippen molar-refractivity contribution in [2.24, 2.45) is 4.99 Å². The monoisotopic (exact) mass is 390 g/mol. The maximum atomic E-state index is 12.3. The molecular formula is C18H18N2O4S2. The number of nitrogens with zero attached hydrogens (tertiary/aromatic N) is 2. The number of ether oxygens (including phenoxy) is 1. The van der Waals surface area contributed by atoms with E-state index in [0.717, 1.165) is 6.42 Å². The van der Waals surface area contributed by atoms with Crippen LogP contribution in [0.5, 0.6) is 5.88 Å². The van der Waals surface area contributed by atoms with Crippen molar-refractivity contribution in [3.05, 3.63) is 43.7 Å². The van der Waals surface area contributed by atoms with Gasteiger partial charge in [0.05, 0.1) is 17.5 Å².